The number of aryl methyl sites for hydroxylation is 1. The lowest BCUT2D eigenvalue weighted by Gasteiger charge is -2.30. The van der Waals surface area contributed by atoms with E-state index in [1.165, 1.54) is 45.4 Å². The number of aliphatic hydroxyl groups is 2. The Balaban J connectivity index is 1.83. The third kappa shape index (κ3) is 11.5. The molecule has 0 spiro atoms. The number of hydrogen-bond donors (Lipinski definition) is 2. The van der Waals surface area contributed by atoms with E-state index in [1.54, 1.807) is 6.92 Å². The molecule has 264 valence electrons. The number of rotatable bonds is 20. The van der Waals surface area contributed by atoms with E-state index in [2.05, 4.69) is 45.2 Å². The zero-order valence-corrected chi connectivity index (χ0v) is 29.5. The summed E-state index contributed by atoms with van der Waals surface area (Å²) in [4.78, 5) is 24.2. The van der Waals surface area contributed by atoms with Crippen LogP contribution in [0.15, 0.2) is 60.7 Å². The highest BCUT2D eigenvalue weighted by atomic mass is 16.5. The van der Waals surface area contributed by atoms with Gasteiger partial charge in [0.25, 0.3) is 0 Å². The molecule has 0 saturated heterocycles. The molecule has 1 saturated carbocycles. The van der Waals surface area contributed by atoms with Crippen molar-refractivity contribution in [2.24, 2.45) is 17.3 Å². The summed E-state index contributed by atoms with van der Waals surface area (Å²) in [7, 11) is 0. The fourth-order valence-corrected chi connectivity index (χ4v) is 6.01. The van der Waals surface area contributed by atoms with E-state index in [4.69, 9.17) is 18.9 Å². The quantitative estimate of drug-likeness (QED) is 0.111. The Kier molecular flexibility index (Phi) is 15.7. The van der Waals surface area contributed by atoms with Gasteiger partial charge in [-0.1, -0.05) is 71.2 Å². The lowest BCUT2D eigenvalue weighted by Crippen LogP contribution is -2.41. The Morgan fingerprint density at radius 1 is 0.792 bits per heavy atom. The summed E-state index contributed by atoms with van der Waals surface area (Å²) in [5.74, 6) is 1.80. The maximum Gasteiger partial charge on any atom is 0.333 e. The Hall–Kier alpha value is -3.62. The van der Waals surface area contributed by atoms with Crippen LogP contribution in [-0.4, -0.2) is 61.8 Å². The van der Waals surface area contributed by atoms with Crippen LogP contribution < -0.4 is 9.47 Å². The zero-order chi connectivity index (χ0) is 35.1. The fourth-order valence-electron chi connectivity index (χ4n) is 6.01. The van der Waals surface area contributed by atoms with Gasteiger partial charge in [-0.25, -0.2) is 9.59 Å². The molecule has 8 nitrogen and oxygen atoms in total. The topological polar surface area (TPSA) is 112 Å². The van der Waals surface area contributed by atoms with Gasteiger partial charge in [-0.3, -0.25) is 0 Å². The number of hydrogen-bond acceptors (Lipinski definition) is 8. The molecule has 2 aromatic rings. The van der Waals surface area contributed by atoms with Gasteiger partial charge in [0.15, 0.2) is 0 Å². The first-order valence-electron chi connectivity index (χ1n) is 17.4. The molecule has 48 heavy (non-hydrogen) atoms. The number of ether oxygens (including phenoxy) is 4. The minimum absolute atomic E-state index is 0.112. The highest BCUT2D eigenvalue weighted by Gasteiger charge is 2.33. The Morgan fingerprint density at radius 2 is 1.42 bits per heavy atom. The van der Waals surface area contributed by atoms with Crippen LogP contribution in [-0.2, 0) is 31.9 Å². The van der Waals surface area contributed by atoms with E-state index in [0.29, 0.717) is 23.7 Å². The number of carbonyl (C=O) groups excluding carboxylic acids is 2. The number of carbonyl (C=O) groups is 2. The van der Waals surface area contributed by atoms with E-state index in [-0.39, 0.29) is 25.4 Å². The van der Waals surface area contributed by atoms with Crippen molar-refractivity contribution >= 4 is 11.9 Å². The molecule has 0 bridgehead atoms. The number of aliphatic hydroxyl groups excluding tert-OH is 2. The standard InChI is InChI=1S/C40H56O8/c1-7-9-30-11-13-31(14-12-30)23-46-35-17-15-32(16-18-35)36-21-34(19-20-45-38(43)28(3)4)37(22-33(36)10-8-2)47-26-40(24-41,25-42)27-48-39(44)29(5)6/h15-18,21-22,30-31,41-42H,3,5,7-14,19-20,23-27H2,1-2,4,6H3. The summed E-state index contributed by atoms with van der Waals surface area (Å²) in [6.07, 6.45) is 9.74. The van der Waals surface area contributed by atoms with E-state index in [0.717, 1.165) is 53.4 Å². The van der Waals surface area contributed by atoms with Gasteiger partial charge < -0.3 is 29.2 Å². The first-order valence-corrected chi connectivity index (χ1v) is 17.4. The molecule has 0 atom stereocenters. The Morgan fingerprint density at radius 3 is 2.00 bits per heavy atom. The van der Waals surface area contributed by atoms with E-state index in [9.17, 15) is 19.8 Å². The molecule has 0 unspecified atom stereocenters. The molecule has 8 heteroatoms. The third-order valence-corrected chi connectivity index (χ3v) is 9.14. The Bertz CT molecular complexity index is 1350. The van der Waals surface area contributed by atoms with Gasteiger partial charge in [-0.05, 0) is 91.5 Å². The summed E-state index contributed by atoms with van der Waals surface area (Å²) in [5, 5.41) is 20.4. The van der Waals surface area contributed by atoms with Gasteiger partial charge in [-0.2, -0.15) is 0 Å². The van der Waals surface area contributed by atoms with Crippen molar-refractivity contribution < 1.29 is 38.7 Å². The second-order valence-corrected chi connectivity index (χ2v) is 13.5. The minimum Gasteiger partial charge on any atom is -0.493 e. The summed E-state index contributed by atoms with van der Waals surface area (Å²) in [5.41, 5.74) is 3.24. The molecular weight excluding hydrogens is 608 g/mol. The highest BCUT2D eigenvalue weighted by Crippen LogP contribution is 2.35. The first kappa shape index (κ1) is 38.8. The molecule has 2 N–H and O–H groups in total. The van der Waals surface area contributed by atoms with Crippen LogP contribution in [0.5, 0.6) is 11.5 Å². The van der Waals surface area contributed by atoms with Gasteiger partial charge in [0, 0.05) is 17.6 Å². The lowest BCUT2D eigenvalue weighted by molar-refractivity contribution is -0.146. The molecule has 0 aromatic heterocycles. The van der Waals surface area contributed by atoms with Crippen molar-refractivity contribution in [2.45, 2.75) is 85.5 Å². The zero-order valence-electron chi connectivity index (χ0n) is 29.5. The number of benzene rings is 2. The van der Waals surface area contributed by atoms with E-state index >= 15 is 0 Å². The van der Waals surface area contributed by atoms with Gasteiger partial charge in [0.2, 0.25) is 0 Å². The minimum atomic E-state index is -1.23. The van der Waals surface area contributed by atoms with Crippen molar-refractivity contribution in [1.29, 1.82) is 0 Å². The SMILES string of the molecule is C=C(C)C(=O)OCCc1cc(-c2ccc(OCC3CCC(CCC)CC3)cc2)c(CCC)cc1OCC(CO)(CO)COC(=O)C(=C)C. The summed E-state index contributed by atoms with van der Waals surface area (Å²) >= 11 is 0. The van der Waals surface area contributed by atoms with Gasteiger partial charge in [0.1, 0.15) is 24.7 Å². The van der Waals surface area contributed by atoms with Gasteiger partial charge >= 0.3 is 11.9 Å². The lowest BCUT2D eigenvalue weighted by atomic mass is 9.80. The molecule has 1 aliphatic rings. The molecule has 0 amide bonds. The van der Waals surface area contributed by atoms with E-state index < -0.39 is 30.6 Å². The maximum absolute atomic E-state index is 12.1. The predicted molar refractivity (Wildman–Crippen MR) is 189 cm³/mol. The fraction of sp³-hybridized carbons (Fsp3) is 0.550. The summed E-state index contributed by atoms with van der Waals surface area (Å²) in [6.45, 7) is 14.3. The molecule has 1 aliphatic carbocycles. The second-order valence-electron chi connectivity index (χ2n) is 13.5. The van der Waals surface area contributed by atoms with Crippen molar-refractivity contribution in [2.75, 3.05) is 39.6 Å². The monoisotopic (exact) mass is 664 g/mol. The average molecular weight is 665 g/mol. The van der Waals surface area contributed by atoms with Gasteiger partial charge in [0.05, 0.1) is 31.8 Å². The average Bonchev–Trinajstić information content (AvgIpc) is 3.09. The van der Waals surface area contributed by atoms with Crippen LogP contribution in [0.3, 0.4) is 0 Å². The molecule has 3 rings (SSSR count). The normalized spacial score (nSPS) is 16.2. The van der Waals surface area contributed by atoms with Crippen molar-refractivity contribution in [3.05, 3.63) is 71.8 Å². The Labute approximate surface area is 287 Å². The van der Waals surface area contributed by atoms with Crippen LogP contribution in [0.1, 0.15) is 83.8 Å². The van der Waals surface area contributed by atoms with Crippen molar-refractivity contribution in [3.63, 3.8) is 0 Å². The predicted octanol–water partition coefficient (Wildman–Crippen LogP) is 7.42. The second kappa shape index (κ2) is 19.4. The van der Waals surface area contributed by atoms with Crippen molar-refractivity contribution in [3.8, 4) is 22.6 Å². The molecule has 0 aliphatic heterocycles. The molecule has 1 fully saturated rings. The van der Waals surface area contributed by atoms with Gasteiger partial charge in [-0.15, -0.1) is 0 Å². The van der Waals surface area contributed by atoms with Crippen LogP contribution in [0.25, 0.3) is 11.1 Å². The molecule has 0 radical (unpaired) electrons. The molecule has 2 aromatic carbocycles. The largest absolute Gasteiger partial charge is 0.493 e. The van der Waals surface area contributed by atoms with Crippen LogP contribution in [0.2, 0.25) is 0 Å². The maximum atomic E-state index is 12.1. The first-order chi connectivity index (χ1) is 23.0. The third-order valence-electron chi connectivity index (χ3n) is 9.14. The van der Waals surface area contributed by atoms with Crippen LogP contribution >= 0.6 is 0 Å². The number of esters is 2. The smallest absolute Gasteiger partial charge is 0.333 e. The summed E-state index contributed by atoms with van der Waals surface area (Å²) in [6, 6.07) is 12.2. The van der Waals surface area contributed by atoms with Crippen LogP contribution in [0, 0.1) is 17.3 Å². The molecule has 0 heterocycles. The molecular formula is C40H56O8. The highest BCUT2D eigenvalue weighted by molar-refractivity contribution is 5.87. The van der Waals surface area contributed by atoms with Crippen LogP contribution in [0.4, 0.5) is 0 Å². The summed E-state index contributed by atoms with van der Waals surface area (Å²) < 4.78 is 23.2. The van der Waals surface area contributed by atoms with Crippen molar-refractivity contribution in [1.82, 2.24) is 0 Å². The van der Waals surface area contributed by atoms with E-state index in [1.807, 2.05) is 18.2 Å².